The summed E-state index contributed by atoms with van der Waals surface area (Å²) in [5, 5.41) is 0. The summed E-state index contributed by atoms with van der Waals surface area (Å²) in [5.41, 5.74) is 4.97. The van der Waals surface area contributed by atoms with Crippen LogP contribution >= 0.6 is 15.9 Å². The normalized spacial score (nSPS) is 15.3. The molecule has 2 aromatic rings. The zero-order valence-corrected chi connectivity index (χ0v) is 12.3. The maximum absolute atomic E-state index is 13.7. The Kier molecular flexibility index (Phi) is 3.69. The van der Waals surface area contributed by atoms with E-state index in [1.54, 1.807) is 6.07 Å². The maximum Gasteiger partial charge on any atom is 0.126 e. The van der Waals surface area contributed by atoms with Gasteiger partial charge in [0.15, 0.2) is 0 Å². The van der Waals surface area contributed by atoms with Crippen molar-refractivity contribution in [3.05, 3.63) is 70.5 Å². The van der Waals surface area contributed by atoms with Crippen LogP contribution in [0.1, 0.15) is 33.5 Å². The lowest BCUT2D eigenvalue weighted by Crippen LogP contribution is -1.99. The molecular formula is C17H16BrF. The highest BCUT2D eigenvalue weighted by atomic mass is 79.9. The van der Waals surface area contributed by atoms with Gasteiger partial charge in [-0.3, -0.25) is 0 Å². The fourth-order valence-corrected chi connectivity index (χ4v) is 3.40. The van der Waals surface area contributed by atoms with E-state index in [-0.39, 0.29) is 10.6 Å². The Morgan fingerprint density at radius 3 is 2.68 bits per heavy atom. The molecule has 0 saturated heterocycles. The Bertz CT molecular complexity index is 592. The van der Waals surface area contributed by atoms with Gasteiger partial charge in [-0.15, -0.1) is 0 Å². The number of aryl methyl sites for hydroxylation is 2. The number of fused-ring (bicyclic) bond motifs is 1. The molecule has 0 saturated carbocycles. The van der Waals surface area contributed by atoms with Gasteiger partial charge >= 0.3 is 0 Å². The van der Waals surface area contributed by atoms with Crippen molar-refractivity contribution in [1.29, 1.82) is 0 Å². The molecule has 0 spiro atoms. The summed E-state index contributed by atoms with van der Waals surface area (Å²) in [5.74, 6) is -0.117. The number of hydrogen-bond donors (Lipinski definition) is 0. The highest BCUT2D eigenvalue weighted by Crippen LogP contribution is 2.31. The average molecular weight is 319 g/mol. The lowest BCUT2D eigenvalue weighted by Gasteiger charge is -2.12. The van der Waals surface area contributed by atoms with Gasteiger partial charge in [0, 0.05) is 4.83 Å². The van der Waals surface area contributed by atoms with Crippen LogP contribution in [0.4, 0.5) is 4.39 Å². The standard InChI is InChI=1S/C17H16BrF/c18-16(11-15-4-1-2-7-17(15)19)14-9-8-12-5-3-6-13(12)10-14/h1-2,4,7-10,16H,3,5-6,11H2. The molecule has 0 fully saturated rings. The van der Waals surface area contributed by atoms with E-state index in [1.807, 2.05) is 12.1 Å². The van der Waals surface area contributed by atoms with Crippen molar-refractivity contribution < 1.29 is 4.39 Å². The lowest BCUT2D eigenvalue weighted by molar-refractivity contribution is 0.608. The fourth-order valence-electron chi connectivity index (χ4n) is 2.76. The van der Waals surface area contributed by atoms with Gasteiger partial charge in [-0.1, -0.05) is 52.3 Å². The molecule has 3 rings (SSSR count). The second-order valence-corrected chi connectivity index (χ2v) is 6.25. The van der Waals surface area contributed by atoms with Crippen LogP contribution in [0, 0.1) is 5.82 Å². The van der Waals surface area contributed by atoms with Crippen LogP contribution in [-0.2, 0) is 19.3 Å². The zero-order chi connectivity index (χ0) is 13.2. The number of alkyl halides is 1. The van der Waals surface area contributed by atoms with Crippen molar-refractivity contribution in [1.82, 2.24) is 0 Å². The first kappa shape index (κ1) is 12.9. The Labute approximate surface area is 121 Å². The van der Waals surface area contributed by atoms with Crippen molar-refractivity contribution in [3.8, 4) is 0 Å². The molecule has 0 nitrogen and oxygen atoms in total. The third kappa shape index (κ3) is 2.74. The molecule has 1 unspecified atom stereocenters. The number of benzene rings is 2. The second kappa shape index (κ2) is 5.46. The molecule has 0 amide bonds. The summed E-state index contributed by atoms with van der Waals surface area (Å²) >= 11 is 3.70. The monoisotopic (exact) mass is 318 g/mol. The van der Waals surface area contributed by atoms with E-state index >= 15 is 0 Å². The lowest BCUT2D eigenvalue weighted by atomic mass is 10.0. The molecule has 0 heterocycles. The number of halogens is 2. The van der Waals surface area contributed by atoms with Crippen molar-refractivity contribution >= 4 is 15.9 Å². The van der Waals surface area contributed by atoms with E-state index in [0.29, 0.717) is 6.42 Å². The molecule has 0 N–H and O–H groups in total. The van der Waals surface area contributed by atoms with E-state index in [0.717, 1.165) is 5.56 Å². The van der Waals surface area contributed by atoms with Crippen LogP contribution < -0.4 is 0 Å². The van der Waals surface area contributed by atoms with E-state index < -0.39 is 0 Å². The molecule has 1 aliphatic carbocycles. The van der Waals surface area contributed by atoms with E-state index in [9.17, 15) is 4.39 Å². The van der Waals surface area contributed by atoms with Gasteiger partial charge in [0.1, 0.15) is 5.82 Å². The molecule has 0 aromatic heterocycles. The predicted octanol–water partition coefficient (Wildman–Crippen LogP) is 4.99. The Hall–Kier alpha value is -1.15. The summed E-state index contributed by atoms with van der Waals surface area (Å²) in [6, 6.07) is 13.7. The van der Waals surface area contributed by atoms with E-state index in [4.69, 9.17) is 0 Å². The molecule has 1 aliphatic rings. The van der Waals surface area contributed by atoms with Gasteiger partial charge in [0.05, 0.1) is 0 Å². The van der Waals surface area contributed by atoms with Crippen molar-refractivity contribution in [2.45, 2.75) is 30.5 Å². The van der Waals surface area contributed by atoms with Gasteiger partial charge in [-0.05, 0) is 54.0 Å². The Morgan fingerprint density at radius 2 is 1.84 bits per heavy atom. The Balaban J connectivity index is 1.81. The minimum absolute atomic E-state index is 0.117. The molecule has 98 valence electrons. The molecular weight excluding hydrogens is 303 g/mol. The van der Waals surface area contributed by atoms with Gasteiger partial charge < -0.3 is 0 Å². The summed E-state index contributed by atoms with van der Waals surface area (Å²) in [4.78, 5) is 0.176. The van der Waals surface area contributed by atoms with Crippen LogP contribution in [0.15, 0.2) is 42.5 Å². The highest BCUT2D eigenvalue weighted by Gasteiger charge is 2.15. The first-order chi connectivity index (χ1) is 9.24. The van der Waals surface area contributed by atoms with Crippen LogP contribution in [0.5, 0.6) is 0 Å². The third-order valence-electron chi connectivity index (χ3n) is 3.84. The van der Waals surface area contributed by atoms with E-state index in [1.165, 1.54) is 42.0 Å². The largest absolute Gasteiger partial charge is 0.207 e. The molecule has 2 heteroatoms. The summed E-state index contributed by atoms with van der Waals surface area (Å²) in [6.07, 6.45) is 4.34. The maximum atomic E-state index is 13.7. The molecule has 0 aliphatic heterocycles. The zero-order valence-electron chi connectivity index (χ0n) is 10.7. The SMILES string of the molecule is Fc1ccccc1CC(Br)c1ccc2c(c1)CCC2. The highest BCUT2D eigenvalue weighted by molar-refractivity contribution is 9.09. The van der Waals surface area contributed by atoms with Crippen molar-refractivity contribution in [3.63, 3.8) is 0 Å². The van der Waals surface area contributed by atoms with Gasteiger partial charge in [-0.2, -0.15) is 0 Å². The van der Waals surface area contributed by atoms with Crippen molar-refractivity contribution in [2.24, 2.45) is 0 Å². The van der Waals surface area contributed by atoms with Crippen LogP contribution in [0.25, 0.3) is 0 Å². The third-order valence-corrected chi connectivity index (χ3v) is 4.69. The summed E-state index contributed by atoms with van der Waals surface area (Å²) < 4.78 is 13.7. The van der Waals surface area contributed by atoms with Crippen LogP contribution in [-0.4, -0.2) is 0 Å². The summed E-state index contributed by atoms with van der Waals surface area (Å²) in [7, 11) is 0. The smallest absolute Gasteiger partial charge is 0.126 e. The van der Waals surface area contributed by atoms with Gasteiger partial charge in [-0.25, -0.2) is 4.39 Å². The second-order valence-electron chi connectivity index (χ2n) is 5.14. The fraction of sp³-hybridized carbons (Fsp3) is 0.294. The molecule has 1 atom stereocenters. The number of rotatable bonds is 3. The minimum atomic E-state index is -0.117. The quantitative estimate of drug-likeness (QED) is 0.699. The molecule has 0 radical (unpaired) electrons. The Morgan fingerprint density at radius 1 is 1.05 bits per heavy atom. The molecule has 0 bridgehead atoms. The van der Waals surface area contributed by atoms with Crippen LogP contribution in [0.3, 0.4) is 0 Å². The topological polar surface area (TPSA) is 0 Å². The van der Waals surface area contributed by atoms with Crippen molar-refractivity contribution in [2.75, 3.05) is 0 Å². The number of hydrogen-bond acceptors (Lipinski definition) is 0. The van der Waals surface area contributed by atoms with E-state index in [2.05, 4.69) is 34.1 Å². The average Bonchev–Trinajstić information content (AvgIpc) is 2.88. The molecule has 2 aromatic carbocycles. The predicted molar refractivity (Wildman–Crippen MR) is 80.2 cm³/mol. The molecule has 19 heavy (non-hydrogen) atoms. The van der Waals surface area contributed by atoms with Crippen LogP contribution in [0.2, 0.25) is 0 Å². The van der Waals surface area contributed by atoms with Gasteiger partial charge in [0.25, 0.3) is 0 Å². The minimum Gasteiger partial charge on any atom is -0.207 e. The first-order valence-electron chi connectivity index (χ1n) is 6.73. The summed E-state index contributed by atoms with van der Waals surface area (Å²) in [6.45, 7) is 0. The first-order valence-corrected chi connectivity index (χ1v) is 7.65. The van der Waals surface area contributed by atoms with Gasteiger partial charge in [0.2, 0.25) is 0 Å².